The zero-order valence-corrected chi connectivity index (χ0v) is 5.39. The lowest BCUT2D eigenvalue weighted by Gasteiger charge is -2.09. The van der Waals surface area contributed by atoms with Gasteiger partial charge in [-0.1, -0.05) is 11.6 Å². The molecule has 46 valence electrons. The molecule has 0 bridgehead atoms. The average Bonchev–Trinajstić information content (AvgIpc) is 1.89. The van der Waals surface area contributed by atoms with Crippen LogP contribution in [0.4, 0.5) is 0 Å². The summed E-state index contributed by atoms with van der Waals surface area (Å²) in [7, 11) is 0. The van der Waals surface area contributed by atoms with Crippen molar-refractivity contribution in [1.29, 1.82) is 5.26 Å². The second-order valence-electron chi connectivity index (χ2n) is 1.62. The SMILES string of the molecule is N#CC1=CC=CNC1Cl. The van der Waals surface area contributed by atoms with E-state index in [4.69, 9.17) is 16.9 Å². The fourth-order valence-corrected chi connectivity index (χ4v) is 0.754. The Balaban J connectivity index is 2.78. The standard InChI is InChI=1S/C6H5ClN2/c7-6-5(4-8)2-1-3-9-6/h1-3,6,9H. The molecular weight excluding hydrogens is 136 g/mol. The van der Waals surface area contributed by atoms with Gasteiger partial charge < -0.3 is 5.32 Å². The molecule has 1 heterocycles. The molecule has 1 unspecified atom stereocenters. The largest absolute Gasteiger partial charge is 0.371 e. The summed E-state index contributed by atoms with van der Waals surface area (Å²) in [4.78, 5) is 0. The molecule has 3 heteroatoms. The van der Waals surface area contributed by atoms with Gasteiger partial charge in [-0.15, -0.1) is 0 Å². The first kappa shape index (κ1) is 6.18. The number of alkyl halides is 1. The Labute approximate surface area is 58.4 Å². The number of hydrogen-bond donors (Lipinski definition) is 1. The monoisotopic (exact) mass is 140 g/mol. The van der Waals surface area contributed by atoms with Crippen molar-refractivity contribution in [3.8, 4) is 6.07 Å². The Hall–Kier alpha value is -0.940. The van der Waals surface area contributed by atoms with E-state index in [9.17, 15) is 0 Å². The Bertz CT molecular complexity index is 200. The number of nitrogens with one attached hydrogen (secondary N) is 1. The van der Waals surface area contributed by atoms with Crippen molar-refractivity contribution < 1.29 is 0 Å². The van der Waals surface area contributed by atoms with Gasteiger partial charge in [-0.3, -0.25) is 0 Å². The molecule has 1 atom stereocenters. The van der Waals surface area contributed by atoms with E-state index in [1.807, 2.05) is 6.07 Å². The molecule has 0 aromatic heterocycles. The van der Waals surface area contributed by atoms with Gasteiger partial charge in [-0.05, 0) is 18.4 Å². The lowest BCUT2D eigenvalue weighted by Crippen LogP contribution is -2.21. The van der Waals surface area contributed by atoms with E-state index >= 15 is 0 Å². The van der Waals surface area contributed by atoms with Gasteiger partial charge in [0.1, 0.15) is 5.50 Å². The Morgan fingerprint density at radius 1 is 1.78 bits per heavy atom. The molecule has 0 radical (unpaired) electrons. The quantitative estimate of drug-likeness (QED) is 0.404. The van der Waals surface area contributed by atoms with E-state index in [0.717, 1.165) is 0 Å². The summed E-state index contributed by atoms with van der Waals surface area (Å²) < 4.78 is 0. The molecule has 0 aromatic carbocycles. The molecule has 1 N–H and O–H groups in total. The van der Waals surface area contributed by atoms with Crippen LogP contribution in [0.3, 0.4) is 0 Å². The van der Waals surface area contributed by atoms with Crippen LogP contribution in [0.5, 0.6) is 0 Å². The van der Waals surface area contributed by atoms with Crippen LogP contribution in [-0.2, 0) is 0 Å². The number of rotatable bonds is 0. The molecule has 1 rings (SSSR count). The second kappa shape index (κ2) is 2.56. The number of halogens is 1. The molecule has 0 amide bonds. The molecule has 1 aliphatic heterocycles. The van der Waals surface area contributed by atoms with Crippen LogP contribution in [0, 0.1) is 11.3 Å². The molecule has 0 aromatic rings. The van der Waals surface area contributed by atoms with Crippen LogP contribution >= 0.6 is 11.6 Å². The normalized spacial score (nSPS) is 24.0. The van der Waals surface area contributed by atoms with Crippen LogP contribution in [0.1, 0.15) is 0 Å². The van der Waals surface area contributed by atoms with Gasteiger partial charge in [-0.25, -0.2) is 0 Å². The zero-order chi connectivity index (χ0) is 6.69. The minimum absolute atomic E-state index is 0.347. The molecule has 0 saturated carbocycles. The number of nitrogens with zero attached hydrogens (tertiary/aromatic N) is 1. The summed E-state index contributed by atoms with van der Waals surface area (Å²) in [6.45, 7) is 0. The first-order valence-electron chi connectivity index (χ1n) is 2.51. The molecular formula is C6H5ClN2. The maximum absolute atomic E-state index is 8.38. The maximum Gasteiger partial charge on any atom is 0.137 e. The van der Waals surface area contributed by atoms with Gasteiger partial charge in [0.05, 0.1) is 11.6 Å². The molecule has 0 saturated heterocycles. The minimum atomic E-state index is -0.347. The van der Waals surface area contributed by atoms with E-state index in [1.54, 1.807) is 18.4 Å². The van der Waals surface area contributed by atoms with E-state index in [-0.39, 0.29) is 5.50 Å². The fourth-order valence-electron chi connectivity index (χ4n) is 0.560. The summed E-state index contributed by atoms with van der Waals surface area (Å²) in [5, 5.41) is 11.2. The maximum atomic E-state index is 8.38. The van der Waals surface area contributed by atoms with Crippen LogP contribution in [0.15, 0.2) is 23.9 Å². The third-order valence-electron chi connectivity index (χ3n) is 1.02. The average molecular weight is 141 g/mol. The highest BCUT2D eigenvalue weighted by atomic mass is 35.5. The minimum Gasteiger partial charge on any atom is -0.371 e. The lowest BCUT2D eigenvalue weighted by atomic mass is 10.2. The summed E-state index contributed by atoms with van der Waals surface area (Å²) in [5.41, 5.74) is 0.208. The second-order valence-corrected chi connectivity index (χ2v) is 2.06. The topological polar surface area (TPSA) is 35.8 Å². The van der Waals surface area contributed by atoms with Crippen molar-refractivity contribution in [3.05, 3.63) is 23.9 Å². The molecule has 1 aliphatic rings. The van der Waals surface area contributed by atoms with Crippen molar-refractivity contribution in [2.45, 2.75) is 5.50 Å². The van der Waals surface area contributed by atoms with Gasteiger partial charge >= 0.3 is 0 Å². The Morgan fingerprint density at radius 2 is 2.56 bits per heavy atom. The summed E-state index contributed by atoms with van der Waals surface area (Å²) in [6, 6.07) is 1.97. The van der Waals surface area contributed by atoms with Crippen LogP contribution < -0.4 is 5.32 Å². The Morgan fingerprint density at radius 3 is 3.00 bits per heavy atom. The van der Waals surface area contributed by atoms with E-state index in [2.05, 4.69) is 5.32 Å². The van der Waals surface area contributed by atoms with Crippen molar-refractivity contribution in [1.82, 2.24) is 5.32 Å². The number of nitriles is 1. The fraction of sp³-hybridized carbons (Fsp3) is 0.167. The van der Waals surface area contributed by atoms with E-state index in [0.29, 0.717) is 5.57 Å². The van der Waals surface area contributed by atoms with Gasteiger partial charge in [-0.2, -0.15) is 5.26 Å². The number of dihydropyridines is 1. The predicted octanol–water partition coefficient (Wildman–Crippen LogP) is 1.12. The van der Waals surface area contributed by atoms with Gasteiger partial charge in [0.2, 0.25) is 0 Å². The van der Waals surface area contributed by atoms with E-state index in [1.165, 1.54) is 0 Å². The Kier molecular flexibility index (Phi) is 1.76. The summed E-state index contributed by atoms with van der Waals surface area (Å²) in [5.74, 6) is 0. The van der Waals surface area contributed by atoms with E-state index < -0.39 is 0 Å². The zero-order valence-electron chi connectivity index (χ0n) is 4.63. The van der Waals surface area contributed by atoms with Crippen molar-refractivity contribution >= 4 is 11.6 Å². The van der Waals surface area contributed by atoms with Gasteiger partial charge in [0, 0.05) is 0 Å². The first-order valence-corrected chi connectivity index (χ1v) is 2.95. The third-order valence-corrected chi connectivity index (χ3v) is 1.38. The van der Waals surface area contributed by atoms with Gasteiger partial charge in [0.15, 0.2) is 0 Å². The molecule has 9 heavy (non-hydrogen) atoms. The smallest absolute Gasteiger partial charge is 0.137 e. The molecule has 0 aliphatic carbocycles. The predicted molar refractivity (Wildman–Crippen MR) is 35.6 cm³/mol. The van der Waals surface area contributed by atoms with Crippen molar-refractivity contribution in [2.75, 3.05) is 0 Å². The molecule has 2 nitrogen and oxygen atoms in total. The van der Waals surface area contributed by atoms with Crippen LogP contribution in [-0.4, -0.2) is 5.50 Å². The summed E-state index contributed by atoms with van der Waals surface area (Å²) in [6.07, 6.45) is 5.14. The summed E-state index contributed by atoms with van der Waals surface area (Å²) >= 11 is 5.63. The number of allylic oxidation sites excluding steroid dienone is 2. The highest BCUT2D eigenvalue weighted by Gasteiger charge is 2.08. The highest BCUT2D eigenvalue weighted by Crippen LogP contribution is 2.08. The highest BCUT2D eigenvalue weighted by molar-refractivity contribution is 6.22. The lowest BCUT2D eigenvalue weighted by molar-refractivity contribution is 0.873. The third kappa shape index (κ3) is 1.24. The van der Waals surface area contributed by atoms with Crippen molar-refractivity contribution in [3.63, 3.8) is 0 Å². The van der Waals surface area contributed by atoms with Crippen LogP contribution in [0.25, 0.3) is 0 Å². The molecule has 0 fully saturated rings. The molecule has 0 spiro atoms. The first-order chi connectivity index (χ1) is 4.34. The van der Waals surface area contributed by atoms with Crippen molar-refractivity contribution in [2.24, 2.45) is 0 Å². The van der Waals surface area contributed by atoms with Crippen LogP contribution in [0.2, 0.25) is 0 Å². The number of hydrogen-bond acceptors (Lipinski definition) is 2. The van der Waals surface area contributed by atoms with Gasteiger partial charge in [0.25, 0.3) is 0 Å².